The highest BCUT2D eigenvalue weighted by Gasteiger charge is 2.47. The average molecular weight is 228 g/mol. The van der Waals surface area contributed by atoms with E-state index in [4.69, 9.17) is 5.73 Å². The molecule has 94 valence electrons. The molecular weight excluding hydrogens is 204 g/mol. The smallest absolute Gasteiger partial charge is 0.323 e. The predicted molar refractivity (Wildman–Crippen MR) is 64.2 cm³/mol. The molecule has 4 N–H and O–H groups in total. The van der Waals surface area contributed by atoms with Crippen LogP contribution in [0.25, 0.3) is 0 Å². The number of hydrogen-bond acceptors (Lipinski definition) is 3. The van der Waals surface area contributed by atoms with Crippen LogP contribution < -0.4 is 11.1 Å². The molecule has 0 spiro atoms. The standard InChI is InChI=1S/C12H24N2O2/c1-9-6-11(2,3)8-12(7-9,10(15)16)14-5-4-13/h9,14H,4-8,13H2,1-3H3,(H,15,16). The molecule has 0 aromatic heterocycles. The molecule has 2 atom stereocenters. The summed E-state index contributed by atoms with van der Waals surface area (Å²) in [7, 11) is 0. The number of hydrogen-bond donors (Lipinski definition) is 3. The van der Waals surface area contributed by atoms with Crippen LogP contribution in [0.3, 0.4) is 0 Å². The Morgan fingerprint density at radius 3 is 2.56 bits per heavy atom. The molecule has 0 bridgehead atoms. The molecule has 0 amide bonds. The van der Waals surface area contributed by atoms with E-state index in [1.54, 1.807) is 0 Å². The number of nitrogens with one attached hydrogen (secondary N) is 1. The van der Waals surface area contributed by atoms with Gasteiger partial charge >= 0.3 is 5.97 Å². The third-order valence-electron chi connectivity index (χ3n) is 3.40. The second-order valence-corrected chi connectivity index (χ2v) is 5.96. The van der Waals surface area contributed by atoms with E-state index in [1.165, 1.54) is 0 Å². The Hall–Kier alpha value is -0.610. The van der Waals surface area contributed by atoms with Crippen molar-refractivity contribution in [3.05, 3.63) is 0 Å². The van der Waals surface area contributed by atoms with E-state index in [9.17, 15) is 9.90 Å². The van der Waals surface area contributed by atoms with Crippen molar-refractivity contribution < 1.29 is 9.90 Å². The van der Waals surface area contributed by atoms with Crippen LogP contribution in [0.15, 0.2) is 0 Å². The first kappa shape index (κ1) is 13.5. The van der Waals surface area contributed by atoms with Crippen molar-refractivity contribution in [3.8, 4) is 0 Å². The first-order valence-corrected chi connectivity index (χ1v) is 6.00. The Morgan fingerprint density at radius 1 is 1.50 bits per heavy atom. The second-order valence-electron chi connectivity index (χ2n) is 5.96. The van der Waals surface area contributed by atoms with E-state index >= 15 is 0 Å². The largest absolute Gasteiger partial charge is 0.480 e. The quantitative estimate of drug-likeness (QED) is 0.676. The fourth-order valence-corrected chi connectivity index (χ4v) is 3.26. The SMILES string of the molecule is CC1CC(C)(C)CC(NCCN)(C(=O)O)C1. The summed E-state index contributed by atoms with van der Waals surface area (Å²) in [6.45, 7) is 7.45. The second kappa shape index (κ2) is 4.72. The van der Waals surface area contributed by atoms with Crippen LogP contribution in [-0.2, 0) is 4.79 Å². The Labute approximate surface area is 97.6 Å². The molecular formula is C12H24N2O2. The number of aliphatic carboxylic acids is 1. The number of nitrogens with two attached hydrogens (primary N) is 1. The Bertz CT molecular complexity index is 266. The van der Waals surface area contributed by atoms with Crippen molar-refractivity contribution in [2.45, 2.75) is 45.6 Å². The van der Waals surface area contributed by atoms with Crippen molar-refractivity contribution in [2.24, 2.45) is 17.1 Å². The minimum atomic E-state index is -0.777. The lowest BCUT2D eigenvalue weighted by Gasteiger charge is -2.45. The molecule has 0 radical (unpaired) electrons. The van der Waals surface area contributed by atoms with Gasteiger partial charge in [-0.3, -0.25) is 4.79 Å². The fraction of sp³-hybridized carbons (Fsp3) is 0.917. The summed E-state index contributed by atoms with van der Waals surface area (Å²) in [4.78, 5) is 11.5. The van der Waals surface area contributed by atoms with Crippen molar-refractivity contribution in [3.63, 3.8) is 0 Å². The third kappa shape index (κ3) is 2.95. The Kier molecular flexibility index (Phi) is 3.97. The number of rotatable bonds is 4. The van der Waals surface area contributed by atoms with Crippen molar-refractivity contribution in [1.82, 2.24) is 5.32 Å². The lowest BCUT2D eigenvalue weighted by molar-refractivity contribution is -0.149. The summed E-state index contributed by atoms with van der Waals surface area (Å²) in [5.41, 5.74) is 4.76. The average Bonchev–Trinajstić information content (AvgIpc) is 2.11. The van der Waals surface area contributed by atoms with Crippen molar-refractivity contribution in [2.75, 3.05) is 13.1 Å². The van der Waals surface area contributed by atoms with Crippen LogP contribution in [0, 0.1) is 11.3 Å². The molecule has 1 saturated carbocycles. The van der Waals surface area contributed by atoms with Gasteiger partial charge in [-0.15, -0.1) is 0 Å². The van der Waals surface area contributed by atoms with E-state index < -0.39 is 11.5 Å². The zero-order valence-corrected chi connectivity index (χ0v) is 10.5. The summed E-state index contributed by atoms with van der Waals surface area (Å²) in [6.07, 6.45) is 2.47. The molecule has 0 aromatic carbocycles. The molecule has 2 unspecified atom stereocenters. The molecule has 16 heavy (non-hydrogen) atoms. The lowest BCUT2D eigenvalue weighted by atomic mass is 9.64. The van der Waals surface area contributed by atoms with Gasteiger partial charge in [0.05, 0.1) is 0 Å². The zero-order valence-electron chi connectivity index (χ0n) is 10.5. The van der Waals surface area contributed by atoms with Gasteiger partial charge in [-0.25, -0.2) is 0 Å². The van der Waals surface area contributed by atoms with E-state index in [2.05, 4.69) is 26.1 Å². The summed E-state index contributed by atoms with van der Waals surface area (Å²) in [6, 6.07) is 0. The van der Waals surface area contributed by atoms with Crippen LogP contribution in [0.5, 0.6) is 0 Å². The maximum absolute atomic E-state index is 11.5. The van der Waals surface area contributed by atoms with Gasteiger partial charge in [0, 0.05) is 13.1 Å². The third-order valence-corrected chi connectivity index (χ3v) is 3.40. The summed E-state index contributed by atoms with van der Waals surface area (Å²) >= 11 is 0. The summed E-state index contributed by atoms with van der Waals surface area (Å²) in [5, 5.41) is 12.6. The first-order valence-electron chi connectivity index (χ1n) is 6.00. The lowest BCUT2D eigenvalue weighted by Crippen LogP contribution is -2.58. The van der Waals surface area contributed by atoms with Crippen LogP contribution in [-0.4, -0.2) is 29.7 Å². The van der Waals surface area contributed by atoms with Gasteiger partial charge in [-0.2, -0.15) is 0 Å². The summed E-state index contributed by atoms with van der Waals surface area (Å²) in [5.74, 6) is -0.300. The Morgan fingerprint density at radius 2 is 2.12 bits per heavy atom. The predicted octanol–water partition coefficient (Wildman–Crippen LogP) is 1.20. The van der Waals surface area contributed by atoms with Gasteiger partial charge in [0.2, 0.25) is 0 Å². The van der Waals surface area contributed by atoms with Crippen LogP contribution in [0.4, 0.5) is 0 Å². The number of carboxylic acids is 1. The molecule has 0 saturated heterocycles. The first-order chi connectivity index (χ1) is 7.31. The molecule has 4 nitrogen and oxygen atoms in total. The topological polar surface area (TPSA) is 75.3 Å². The van der Waals surface area contributed by atoms with E-state index in [-0.39, 0.29) is 5.41 Å². The maximum Gasteiger partial charge on any atom is 0.323 e. The zero-order chi connectivity index (χ0) is 12.4. The normalized spacial score (nSPS) is 33.6. The minimum Gasteiger partial charge on any atom is -0.480 e. The van der Waals surface area contributed by atoms with Gasteiger partial charge in [0.1, 0.15) is 5.54 Å². The molecule has 0 heterocycles. The van der Waals surface area contributed by atoms with E-state index in [0.717, 1.165) is 6.42 Å². The van der Waals surface area contributed by atoms with Gasteiger partial charge in [-0.1, -0.05) is 20.8 Å². The number of carbonyl (C=O) groups is 1. The molecule has 1 aliphatic rings. The van der Waals surface area contributed by atoms with Crippen molar-refractivity contribution >= 4 is 5.97 Å². The Balaban J connectivity index is 2.87. The van der Waals surface area contributed by atoms with Gasteiger partial charge in [0.15, 0.2) is 0 Å². The van der Waals surface area contributed by atoms with Crippen molar-refractivity contribution in [1.29, 1.82) is 0 Å². The number of carboxylic acid groups (broad SMARTS) is 1. The highest BCUT2D eigenvalue weighted by atomic mass is 16.4. The van der Waals surface area contributed by atoms with E-state index in [0.29, 0.717) is 31.8 Å². The molecule has 1 rings (SSSR count). The minimum absolute atomic E-state index is 0.0810. The van der Waals surface area contributed by atoms with Gasteiger partial charge < -0.3 is 16.2 Å². The van der Waals surface area contributed by atoms with Crippen LogP contribution in [0.2, 0.25) is 0 Å². The van der Waals surface area contributed by atoms with Gasteiger partial charge in [-0.05, 0) is 30.6 Å². The van der Waals surface area contributed by atoms with Crippen LogP contribution in [0.1, 0.15) is 40.0 Å². The van der Waals surface area contributed by atoms with Gasteiger partial charge in [0.25, 0.3) is 0 Å². The highest BCUT2D eigenvalue weighted by Crippen LogP contribution is 2.43. The summed E-state index contributed by atoms with van der Waals surface area (Å²) < 4.78 is 0. The molecule has 1 aliphatic carbocycles. The maximum atomic E-state index is 11.5. The molecule has 0 aromatic rings. The van der Waals surface area contributed by atoms with E-state index in [1.807, 2.05) is 0 Å². The molecule has 4 heteroatoms. The fourth-order valence-electron chi connectivity index (χ4n) is 3.26. The monoisotopic (exact) mass is 228 g/mol. The van der Waals surface area contributed by atoms with Crippen LogP contribution >= 0.6 is 0 Å². The highest BCUT2D eigenvalue weighted by molar-refractivity contribution is 5.79. The molecule has 1 fully saturated rings. The molecule has 0 aliphatic heterocycles.